The minimum absolute atomic E-state index is 0.0744. The molecule has 3 rings (SSSR count). The zero-order valence-corrected chi connectivity index (χ0v) is 15.2. The Hall–Kier alpha value is -1.82. The summed E-state index contributed by atoms with van der Waals surface area (Å²) < 4.78 is 24.2. The van der Waals surface area contributed by atoms with E-state index < -0.39 is 17.0 Å². The summed E-state index contributed by atoms with van der Waals surface area (Å²) in [6.45, 7) is 5.54. The summed E-state index contributed by atoms with van der Waals surface area (Å²) in [6, 6.07) is 4.32. The number of carbonyl (C=O) groups is 1. The van der Waals surface area contributed by atoms with Gasteiger partial charge in [-0.05, 0) is 51.3 Å². The van der Waals surface area contributed by atoms with E-state index in [0.717, 1.165) is 12.8 Å². The lowest BCUT2D eigenvalue weighted by Gasteiger charge is -2.44. The van der Waals surface area contributed by atoms with Crippen molar-refractivity contribution < 1.29 is 23.8 Å². The highest BCUT2D eigenvalue weighted by Gasteiger charge is 2.51. The van der Waals surface area contributed by atoms with Gasteiger partial charge in [0.1, 0.15) is 5.60 Å². The first-order valence-electron chi connectivity index (χ1n) is 8.71. The first-order valence-corrected chi connectivity index (χ1v) is 8.71. The lowest BCUT2D eigenvalue weighted by atomic mass is 9.80. The first-order chi connectivity index (χ1) is 11.6. The summed E-state index contributed by atoms with van der Waals surface area (Å²) >= 11 is 0. The van der Waals surface area contributed by atoms with Crippen molar-refractivity contribution in [3.63, 3.8) is 0 Å². The Morgan fingerprint density at radius 1 is 1.28 bits per heavy atom. The molecule has 0 aromatic heterocycles. The topological polar surface area (TPSA) is 59.0 Å². The molecule has 2 fully saturated rings. The van der Waals surface area contributed by atoms with Crippen LogP contribution in [0.15, 0.2) is 18.2 Å². The Labute approximate surface area is 147 Å². The van der Waals surface area contributed by atoms with E-state index in [-0.39, 0.29) is 23.9 Å². The van der Waals surface area contributed by atoms with Gasteiger partial charge in [-0.3, -0.25) is 0 Å². The van der Waals surface area contributed by atoms with Crippen LogP contribution in [0.2, 0.25) is 0 Å². The van der Waals surface area contributed by atoms with E-state index in [1.807, 2.05) is 20.8 Å². The number of rotatable bonds is 2. The second kappa shape index (κ2) is 6.16. The van der Waals surface area contributed by atoms with E-state index in [4.69, 9.17) is 9.47 Å². The van der Waals surface area contributed by atoms with Crippen molar-refractivity contribution in [2.75, 3.05) is 7.11 Å². The molecule has 138 valence electrons. The summed E-state index contributed by atoms with van der Waals surface area (Å²) in [5.41, 5.74) is -1.01. The Morgan fingerprint density at radius 3 is 2.40 bits per heavy atom. The highest BCUT2D eigenvalue weighted by molar-refractivity contribution is 5.69. The average molecular weight is 351 g/mol. The summed E-state index contributed by atoms with van der Waals surface area (Å²) in [6.07, 6.45) is 2.18. The molecule has 2 bridgehead atoms. The highest BCUT2D eigenvalue weighted by Crippen LogP contribution is 2.46. The van der Waals surface area contributed by atoms with Crippen LogP contribution >= 0.6 is 0 Å². The maximum Gasteiger partial charge on any atom is 0.410 e. The van der Waals surface area contributed by atoms with E-state index in [9.17, 15) is 14.3 Å². The molecule has 2 saturated heterocycles. The number of nitrogens with zero attached hydrogens (tertiary/aromatic N) is 1. The van der Waals surface area contributed by atoms with Crippen LogP contribution in [-0.2, 0) is 10.3 Å². The molecule has 0 spiro atoms. The largest absolute Gasteiger partial charge is 0.494 e. The van der Waals surface area contributed by atoms with Crippen LogP contribution in [0.4, 0.5) is 9.18 Å². The SMILES string of the molecule is COc1cc(C2(O)CC3CCC(C2)N3C(=O)OC(C)(C)C)ccc1F. The number of piperidine rings is 1. The zero-order chi connectivity index (χ0) is 18.4. The van der Waals surface area contributed by atoms with Crippen LogP contribution in [0.5, 0.6) is 5.75 Å². The predicted octanol–water partition coefficient (Wildman–Crippen LogP) is 3.58. The van der Waals surface area contributed by atoms with Crippen molar-refractivity contribution >= 4 is 6.09 Å². The molecule has 1 aromatic carbocycles. The Balaban J connectivity index is 1.82. The lowest BCUT2D eigenvalue weighted by Crippen LogP contribution is -2.53. The van der Waals surface area contributed by atoms with Crippen LogP contribution in [0.25, 0.3) is 0 Å². The molecule has 2 atom stereocenters. The van der Waals surface area contributed by atoms with Gasteiger partial charge in [0.15, 0.2) is 11.6 Å². The fraction of sp³-hybridized carbons (Fsp3) is 0.632. The normalized spacial score (nSPS) is 28.8. The number of carbonyl (C=O) groups excluding carboxylic acids is 1. The molecule has 0 aliphatic carbocycles. The molecule has 2 aliphatic rings. The van der Waals surface area contributed by atoms with Crippen molar-refractivity contribution in [1.29, 1.82) is 0 Å². The number of halogens is 1. The Kier molecular flexibility index (Phi) is 4.43. The van der Waals surface area contributed by atoms with E-state index in [0.29, 0.717) is 18.4 Å². The molecule has 2 heterocycles. The van der Waals surface area contributed by atoms with E-state index in [2.05, 4.69) is 0 Å². The maximum absolute atomic E-state index is 13.7. The molecular formula is C19H26FNO4. The van der Waals surface area contributed by atoms with Crippen molar-refractivity contribution in [3.05, 3.63) is 29.6 Å². The minimum Gasteiger partial charge on any atom is -0.494 e. The van der Waals surface area contributed by atoms with Crippen molar-refractivity contribution in [3.8, 4) is 5.75 Å². The maximum atomic E-state index is 13.7. The van der Waals surface area contributed by atoms with Crippen LogP contribution < -0.4 is 4.74 Å². The zero-order valence-electron chi connectivity index (χ0n) is 15.2. The van der Waals surface area contributed by atoms with E-state index in [1.165, 1.54) is 13.2 Å². The molecule has 25 heavy (non-hydrogen) atoms. The summed E-state index contributed by atoms with van der Waals surface area (Å²) in [5, 5.41) is 11.2. The predicted molar refractivity (Wildman–Crippen MR) is 91.0 cm³/mol. The molecule has 1 aromatic rings. The number of aliphatic hydroxyl groups is 1. The van der Waals surface area contributed by atoms with Crippen LogP contribution in [0, 0.1) is 5.82 Å². The van der Waals surface area contributed by atoms with Gasteiger partial charge in [-0.15, -0.1) is 0 Å². The van der Waals surface area contributed by atoms with Gasteiger partial charge in [0.05, 0.1) is 12.7 Å². The smallest absolute Gasteiger partial charge is 0.410 e. The van der Waals surface area contributed by atoms with Crippen molar-refractivity contribution in [2.45, 2.75) is 69.7 Å². The second-order valence-corrected chi connectivity index (χ2v) is 8.06. The molecular weight excluding hydrogens is 325 g/mol. The standard InChI is InChI=1S/C19H26FNO4/c1-18(2,3)25-17(22)21-13-6-7-14(21)11-19(23,10-13)12-5-8-15(20)16(9-12)24-4/h5,8-9,13-14,23H,6-7,10-11H2,1-4H3. The number of amides is 1. The molecule has 0 radical (unpaired) electrons. The van der Waals surface area contributed by atoms with Crippen LogP contribution in [0.1, 0.15) is 52.0 Å². The van der Waals surface area contributed by atoms with Gasteiger partial charge in [-0.25, -0.2) is 9.18 Å². The summed E-state index contributed by atoms with van der Waals surface area (Å²) in [4.78, 5) is 14.3. The third-order valence-corrected chi connectivity index (χ3v) is 5.06. The summed E-state index contributed by atoms with van der Waals surface area (Å²) in [7, 11) is 1.40. The third-order valence-electron chi connectivity index (χ3n) is 5.06. The number of ether oxygens (including phenoxy) is 2. The molecule has 1 N–H and O–H groups in total. The van der Waals surface area contributed by atoms with Gasteiger partial charge >= 0.3 is 6.09 Å². The molecule has 6 heteroatoms. The first kappa shape index (κ1) is 18.0. The van der Waals surface area contributed by atoms with Gasteiger partial charge in [0.25, 0.3) is 0 Å². The number of fused-ring (bicyclic) bond motifs is 2. The Morgan fingerprint density at radius 2 is 1.88 bits per heavy atom. The molecule has 2 unspecified atom stereocenters. The molecule has 1 amide bonds. The third kappa shape index (κ3) is 3.45. The molecule has 2 aliphatic heterocycles. The number of methoxy groups -OCH3 is 1. The van der Waals surface area contributed by atoms with Crippen LogP contribution in [-0.4, -0.2) is 40.9 Å². The highest BCUT2D eigenvalue weighted by atomic mass is 19.1. The molecule has 5 nitrogen and oxygen atoms in total. The minimum atomic E-state index is -1.09. The number of benzene rings is 1. The monoisotopic (exact) mass is 351 g/mol. The number of hydrogen-bond donors (Lipinski definition) is 1. The number of hydrogen-bond acceptors (Lipinski definition) is 4. The fourth-order valence-electron chi connectivity index (χ4n) is 4.02. The van der Waals surface area contributed by atoms with E-state index in [1.54, 1.807) is 17.0 Å². The van der Waals surface area contributed by atoms with Crippen molar-refractivity contribution in [1.82, 2.24) is 4.90 Å². The summed E-state index contributed by atoms with van der Waals surface area (Å²) in [5.74, 6) is -0.336. The van der Waals surface area contributed by atoms with Gasteiger partial charge in [0.2, 0.25) is 0 Å². The van der Waals surface area contributed by atoms with Gasteiger partial charge in [0, 0.05) is 24.9 Å². The average Bonchev–Trinajstić information content (AvgIpc) is 2.79. The van der Waals surface area contributed by atoms with E-state index >= 15 is 0 Å². The van der Waals surface area contributed by atoms with Gasteiger partial charge in [-0.1, -0.05) is 6.07 Å². The second-order valence-electron chi connectivity index (χ2n) is 8.06. The molecule has 0 saturated carbocycles. The lowest BCUT2D eigenvalue weighted by molar-refractivity contribution is -0.0625. The van der Waals surface area contributed by atoms with Crippen LogP contribution in [0.3, 0.4) is 0 Å². The van der Waals surface area contributed by atoms with Crippen molar-refractivity contribution in [2.24, 2.45) is 0 Å². The van der Waals surface area contributed by atoms with Gasteiger partial charge < -0.3 is 19.5 Å². The fourth-order valence-corrected chi connectivity index (χ4v) is 4.02. The quantitative estimate of drug-likeness (QED) is 0.885. The Bertz CT molecular complexity index is 656. The van der Waals surface area contributed by atoms with Gasteiger partial charge in [-0.2, -0.15) is 0 Å².